The SMILES string of the molecule is CC(CC(=N)N)N(C)C(=O)Nc1ccccc1C(F)(F)F. The maximum absolute atomic E-state index is 12.8. The molecule has 1 rings (SSSR count). The minimum atomic E-state index is -4.55. The minimum absolute atomic E-state index is 0.0992. The molecule has 0 fully saturated rings. The second-order valence-corrected chi connectivity index (χ2v) is 4.66. The highest BCUT2D eigenvalue weighted by Gasteiger charge is 2.33. The first kappa shape index (κ1) is 16.8. The quantitative estimate of drug-likeness (QED) is 0.590. The number of carbonyl (C=O) groups excluding carboxylic acids is 1. The fourth-order valence-electron chi connectivity index (χ4n) is 1.70. The van der Waals surface area contributed by atoms with E-state index in [9.17, 15) is 18.0 Å². The lowest BCUT2D eigenvalue weighted by Gasteiger charge is -2.25. The third-order valence-electron chi connectivity index (χ3n) is 2.97. The summed E-state index contributed by atoms with van der Waals surface area (Å²) in [4.78, 5) is 13.2. The van der Waals surface area contributed by atoms with Crippen LogP contribution in [0, 0.1) is 5.41 Å². The summed E-state index contributed by atoms with van der Waals surface area (Å²) in [5.41, 5.74) is 4.02. The standard InChI is InChI=1S/C13H17F3N4O/c1-8(7-11(17)18)20(2)12(21)19-10-6-4-3-5-9(10)13(14,15)16/h3-6,8H,7H2,1-2H3,(H3,17,18)(H,19,21). The van der Waals surface area contributed by atoms with Crippen LogP contribution in [0.15, 0.2) is 24.3 Å². The molecule has 1 aromatic rings. The number of para-hydroxylation sites is 1. The Bertz CT molecular complexity index is 530. The number of alkyl halides is 3. The maximum Gasteiger partial charge on any atom is 0.418 e. The van der Waals surface area contributed by atoms with E-state index in [-0.39, 0.29) is 17.9 Å². The first-order valence-corrected chi connectivity index (χ1v) is 6.16. The molecule has 8 heteroatoms. The molecule has 5 nitrogen and oxygen atoms in total. The highest BCUT2D eigenvalue weighted by molar-refractivity contribution is 5.90. The smallest absolute Gasteiger partial charge is 0.388 e. The number of amides is 2. The van der Waals surface area contributed by atoms with Crippen LogP contribution in [0.1, 0.15) is 18.9 Å². The van der Waals surface area contributed by atoms with Gasteiger partial charge in [-0.2, -0.15) is 13.2 Å². The number of amidine groups is 1. The van der Waals surface area contributed by atoms with Crippen LogP contribution in [0.2, 0.25) is 0 Å². The molecule has 0 aliphatic rings. The molecule has 0 heterocycles. The number of rotatable bonds is 4. The first-order valence-electron chi connectivity index (χ1n) is 6.16. The Labute approximate surface area is 120 Å². The summed E-state index contributed by atoms with van der Waals surface area (Å²) in [7, 11) is 1.43. The van der Waals surface area contributed by atoms with Gasteiger partial charge in [-0.1, -0.05) is 12.1 Å². The van der Waals surface area contributed by atoms with Gasteiger partial charge in [-0.25, -0.2) is 4.79 Å². The molecule has 1 atom stereocenters. The average molecular weight is 302 g/mol. The Kier molecular flexibility index (Phi) is 5.17. The topological polar surface area (TPSA) is 82.2 Å². The number of urea groups is 1. The van der Waals surface area contributed by atoms with Crippen molar-refractivity contribution < 1.29 is 18.0 Å². The fourth-order valence-corrected chi connectivity index (χ4v) is 1.70. The third kappa shape index (κ3) is 4.66. The largest absolute Gasteiger partial charge is 0.418 e. The van der Waals surface area contributed by atoms with Crippen molar-refractivity contribution in [1.29, 1.82) is 5.41 Å². The van der Waals surface area contributed by atoms with Crippen molar-refractivity contribution in [3.05, 3.63) is 29.8 Å². The van der Waals surface area contributed by atoms with Gasteiger partial charge in [-0.15, -0.1) is 0 Å². The van der Waals surface area contributed by atoms with Gasteiger partial charge >= 0.3 is 12.2 Å². The van der Waals surface area contributed by atoms with Gasteiger partial charge < -0.3 is 16.0 Å². The summed E-state index contributed by atoms with van der Waals surface area (Å²) in [5.74, 6) is -0.0992. The first-order chi connectivity index (χ1) is 9.62. The molecular weight excluding hydrogens is 285 g/mol. The van der Waals surface area contributed by atoms with Crippen molar-refractivity contribution in [3.8, 4) is 0 Å². The molecule has 0 saturated carbocycles. The molecule has 0 saturated heterocycles. The van der Waals surface area contributed by atoms with Crippen molar-refractivity contribution in [2.24, 2.45) is 5.73 Å². The molecule has 1 unspecified atom stereocenters. The Hall–Kier alpha value is -2.25. The normalized spacial score (nSPS) is 12.6. The Morgan fingerprint density at radius 2 is 2.00 bits per heavy atom. The monoisotopic (exact) mass is 302 g/mol. The van der Waals surface area contributed by atoms with Gasteiger partial charge in [-0.3, -0.25) is 5.41 Å². The second-order valence-electron chi connectivity index (χ2n) is 4.66. The van der Waals surface area contributed by atoms with E-state index < -0.39 is 23.8 Å². The van der Waals surface area contributed by atoms with Crippen LogP contribution >= 0.6 is 0 Å². The number of anilines is 1. The number of nitrogens with zero attached hydrogens (tertiary/aromatic N) is 1. The van der Waals surface area contributed by atoms with Gasteiger partial charge in [-0.05, 0) is 19.1 Å². The van der Waals surface area contributed by atoms with E-state index in [1.807, 2.05) is 0 Å². The van der Waals surface area contributed by atoms with Crippen LogP contribution in [0.5, 0.6) is 0 Å². The van der Waals surface area contributed by atoms with Crippen LogP contribution in [-0.4, -0.2) is 29.9 Å². The molecule has 0 aromatic heterocycles. The average Bonchev–Trinajstić information content (AvgIpc) is 2.36. The fraction of sp³-hybridized carbons (Fsp3) is 0.385. The van der Waals surface area contributed by atoms with Crippen LogP contribution in [0.4, 0.5) is 23.7 Å². The zero-order chi connectivity index (χ0) is 16.2. The minimum Gasteiger partial charge on any atom is -0.388 e. The highest BCUT2D eigenvalue weighted by atomic mass is 19.4. The number of hydrogen-bond acceptors (Lipinski definition) is 2. The summed E-state index contributed by atoms with van der Waals surface area (Å²) < 4.78 is 38.5. The van der Waals surface area contributed by atoms with Crippen LogP contribution in [0.25, 0.3) is 0 Å². The lowest BCUT2D eigenvalue weighted by atomic mass is 10.1. The Morgan fingerprint density at radius 1 is 1.43 bits per heavy atom. The molecule has 0 bridgehead atoms. The molecular formula is C13H17F3N4O. The Balaban J connectivity index is 2.87. The summed E-state index contributed by atoms with van der Waals surface area (Å²) in [5, 5.41) is 9.39. The molecule has 0 aliphatic heterocycles. The van der Waals surface area contributed by atoms with E-state index in [0.29, 0.717) is 0 Å². The number of benzene rings is 1. The summed E-state index contributed by atoms with van der Waals surface area (Å²) >= 11 is 0. The number of hydrogen-bond donors (Lipinski definition) is 3. The maximum atomic E-state index is 12.8. The van der Waals surface area contributed by atoms with Crippen molar-refractivity contribution in [1.82, 2.24) is 4.90 Å². The van der Waals surface area contributed by atoms with Crippen molar-refractivity contribution >= 4 is 17.6 Å². The summed E-state index contributed by atoms with van der Waals surface area (Å²) in [6, 6.07) is 3.64. The summed E-state index contributed by atoms with van der Waals surface area (Å²) in [6.07, 6.45) is -4.40. The molecule has 2 amide bonds. The zero-order valence-corrected chi connectivity index (χ0v) is 11.7. The van der Waals surface area contributed by atoms with E-state index in [2.05, 4.69) is 5.32 Å². The molecule has 0 radical (unpaired) electrons. The molecule has 116 valence electrons. The lowest BCUT2D eigenvalue weighted by molar-refractivity contribution is -0.136. The van der Waals surface area contributed by atoms with Crippen molar-refractivity contribution in [2.75, 3.05) is 12.4 Å². The molecule has 1 aromatic carbocycles. The number of carbonyl (C=O) groups is 1. The number of nitrogens with two attached hydrogens (primary N) is 1. The number of nitrogens with one attached hydrogen (secondary N) is 2. The van der Waals surface area contributed by atoms with Crippen LogP contribution in [-0.2, 0) is 6.18 Å². The van der Waals surface area contributed by atoms with Gasteiger partial charge in [0, 0.05) is 19.5 Å². The molecule has 4 N–H and O–H groups in total. The van der Waals surface area contributed by atoms with Gasteiger partial charge in [0.1, 0.15) is 0 Å². The zero-order valence-electron chi connectivity index (χ0n) is 11.7. The van der Waals surface area contributed by atoms with E-state index in [4.69, 9.17) is 11.1 Å². The highest BCUT2D eigenvalue weighted by Crippen LogP contribution is 2.34. The van der Waals surface area contributed by atoms with E-state index >= 15 is 0 Å². The van der Waals surface area contributed by atoms with E-state index in [1.165, 1.54) is 30.1 Å². The lowest BCUT2D eigenvalue weighted by Crippen LogP contribution is -2.40. The number of halogens is 3. The van der Waals surface area contributed by atoms with Crippen molar-refractivity contribution in [3.63, 3.8) is 0 Å². The Morgan fingerprint density at radius 3 is 2.52 bits per heavy atom. The van der Waals surface area contributed by atoms with Gasteiger partial charge in [0.2, 0.25) is 0 Å². The van der Waals surface area contributed by atoms with E-state index in [1.54, 1.807) is 6.92 Å². The predicted octanol–water partition coefficient (Wildman–Crippen LogP) is 2.88. The summed E-state index contributed by atoms with van der Waals surface area (Å²) in [6.45, 7) is 1.65. The van der Waals surface area contributed by atoms with Gasteiger partial charge in [0.05, 0.1) is 17.1 Å². The molecule has 21 heavy (non-hydrogen) atoms. The second kappa shape index (κ2) is 6.47. The van der Waals surface area contributed by atoms with Crippen LogP contribution in [0.3, 0.4) is 0 Å². The van der Waals surface area contributed by atoms with Gasteiger partial charge in [0.25, 0.3) is 0 Å². The molecule has 0 aliphatic carbocycles. The van der Waals surface area contributed by atoms with E-state index in [0.717, 1.165) is 6.07 Å². The molecule has 0 spiro atoms. The third-order valence-corrected chi connectivity index (χ3v) is 2.97. The predicted molar refractivity (Wildman–Crippen MR) is 74.2 cm³/mol. The van der Waals surface area contributed by atoms with Gasteiger partial charge in [0.15, 0.2) is 0 Å². The van der Waals surface area contributed by atoms with Crippen molar-refractivity contribution in [2.45, 2.75) is 25.6 Å². The van der Waals surface area contributed by atoms with Crippen LogP contribution < -0.4 is 11.1 Å².